The number of para-hydroxylation sites is 2. The number of allylic oxidation sites excluding steroid dienone is 1. The first-order valence-electron chi connectivity index (χ1n) is 11.7. The first kappa shape index (κ1) is 34.1. The molecule has 3 rings (SSSR count). The van der Waals surface area contributed by atoms with Crippen LogP contribution in [0.5, 0.6) is 0 Å². The van der Waals surface area contributed by atoms with Crippen molar-refractivity contribution in [3.05, 3.63) is 101 Å². The Hall–Kier alpha value is -1.85. The Morgan fingerprint density at radius 2 is 1.28 bits per heavy atom. The van der Waals surface area contributed by atoms with Gasteiger partial charge in [0.1, 0.15) is 0 Å². The molecule has 0 amide bonds. The van der Waals surface area contributed by atoms with Crippen LogP contribution in [-0.2, 0) is 23.5 Å². The van der Waals surface area contributed by atoms with E-state index < -0.39 is 0 Å². The number of benzene rings is 2. The Kier molecular flexibility index (Phi) is 15.3. The van der Waals surface area contributed by atoms with Gasteiger partial charge in [-0.3, -0.25) is 9.98 Å². The topological polar surface area (TPSA) is 37.6 Å². The molecule has 0 aliphatic carbocycles. The summed E-state index contributed by atoms with van der Waals surface area (Å²) in [5, 5.41) is 0. The Morgan fingerprint density at radius 1 is 0.778 bits per heavy atom. The van der Waals surface area contributed by atoms with Crippen LogP contribution >= 0.6 is 0 Å². The first-order chi connectivity index (χ1) is 15.8. The maximum absolute atomic E-state index is 5.10. The zero-order valence-corrected chi connectivity index (χ0v) is 26.1. The summed E-state index contributed by atoms with van der Waals surface area (Å²) in [4.78, 5) is 14.9. The standard InChI is InChI=1S/C30H35N3.2BrH.Fe/c1-8-13-24-14-9-10-17-29(24)31-22(6)27-18-12-19-28(33-27)23(7)32-30-25(20(2)3)15-11-16-26(30)21(4)5;;;/h8-12,14-21H,1,13H2,2-7H3;2*1H;/q;;;+2/p-2. The van der Waals surface area contributed by atoms with Gasteiger partial charge < -0.3 is 34.0 Å². The summed E-state index contributed by atoms with van der Waals surface area (Å²) in [5.41, 5.74) is 9.26. The molecule has 0 atom stereocenters. The number of rotatable bonds is 8. The minimum absolute atomic E-state index is 0. The summed E-state index contributed by atoms with van der Waals surface area (Å²) in [7, 11) is 0. The quantitative estimate of drug-likeness (QED) is 0.209. The van der Waals surface area contributed by atoms with E-state index in [4.69, 9.17) is 15.0 Å². The van der Waals surface area contributed by atoms with Crippen molar-refractivity contribution in [3.63, 3.8) is 0 Å². The molecule has 0 aliphatic heterocycles. The molecule has 3 nitrogen and oxygen atoms in total. The molecule has 0 saturated heterocycles. The predicted octanol–water partition coefficient (Wildman–Crippen LogP) is 2.34. The Bertz CT molecular complexity index is 1170. The molecule has 1 aromatic heterocycles. The van der Waals surface area contributed by atoms with Crippen molar-refractivity contribution in [2.75, 3.05) is 0 Å². The van der Waals surface area contributed by atoms with Gasteiger partial charge in [0, 0.05) is 0 Å². The third-order valence-corrected chi connectivity index (χ3v) is 5.76. The largest absolute Gasteiger partial charge is 2.00 e. The third kappa shape index (κ3) is 8.62. The molecule has 0 saturated carbocycles. The van der Waals surface area contributed by atoms with E-state index in [9.17, 15) is 0 Å². The van der Waals surface area contributed by atoms with Crippen LogP contribution in [0.15, 0.2) is 83.3 Å². The number of pyridine rings is 1. The Morgan fingerprint density at radius 3 is 1.81 bits per heavy atom. The molecule has 0 aliphatic rings. The van der Waals surface area contributed by atoms with Crippen molar-refractivity contribution in [3.8, 4) is 0 Å². The van der Waals surface area contributed by atoms with Crippen molar-refractivity contribution in [1.82, 2.24) is 4.98 Å². The summed E-state index contributed by atoms with van der Waals surface area (Å²) >= 11 is 0. The monoisotopic (exact) mass is 651 g/mol. The maximum Gasteiger partial charge on any atom is 2.00 e. The zero-order chi connectivity index (χ0) is 24.0. The van der Waals surface area contributed by atoms with E-state index in [1.165, 1.54) is 11.1 Å². The van der Waals surface area contributed by atoms with Crippen LogP contribution in [0.1, 0.15) is 81.5 Å². The minimum Gasteiger partial charge on any atom is -1.00 e. The van der Waals surface area contributed by atoms with Crippen LogP contribution in [0.3, 0.4) is 0 Å². The van der Waals surface area contributed by atoms with Crippen LogP contribution in [0.4, 0.5) is 11.4 Å². The van der Waals surface area contributed by atoms with Gasteiger partial charge in [-0.1, -0.05) is 76.2 Å². The van der Waals surface area contributed by atoms with Crippen molar-refractivity contribution in [1.29, 1.82) is 0 Å². The molecule has 192 valence electrons. The fourth-order valence-corrected chi connectivity index (χ4v) is 3.89. The molecule has 0 spiro atoms. The number of nitrogens with zero attached hydrogens (tertiary/aromatic N) is 3. The summed E-state index contributed by atoms with van der Waals surface area (Å²) in [6.45, 7) is 16.8. The molecule has 36 heavy (non-hydrogen) atoms. The van der Waals surface area contributed by atoms with Crippen LogP contribution in [0.25, 0.3) is 0 Å². The van der Waals surface area contributed by atoms with Crippen molar-refractivity contribution >= 4 is 22.8 Å². The van der Waals surface area contributed by atoms with E-state index in [1.807, 2.05) is 56.3 Å². The summed E-state index contributed by atoms with van der Waals surface area (Å²) < 4.78 is 0. The van der Waals surface area contributed by atoms with Crippen LogP contribution in [0.2, 0.25) is 0 Å². The van der Waals surface area contributed by atoms with E-state index in [0.717, 1.165) is 46.2 Å². The van der Waals surface area contributed by atoms with Gasteiger partial charge in [-0.25, -0.2) is 4.98 Å². The van der Waals surface area contributed by atoms with E-state index >= 15 is 0 Å². The number of aromatic nitrogens is 1. The van der Waals surface area contributed by atoms with Crippen LogP contribution < -0.4 is 34.0 Å². The molecular formula is C30H35Br2FeN3. The van der Waals surface area contributed by atoms with Gasteiger partial charge in [0.15, 0.2) is 0 Å². The van der Waals surface area contributed by atoms with Gasteiger partial charge in [-0.05, 0) is 67.0 Å². The van der Waals surface area contributed by atoms with Crippen molar-refractivity contribution < 1.29 is 51.0 Å². The van der Waals surface area contributed by atoms with E-state index in [0.29, 0.717) is 11.8 Å². The molecular weight excluding hydrogens is 618 g/mol. The first-order valence-corrected chi connectivity index (χ1v) is 11.7. The molecule has 2 aromatic carbocycles. The van der Waals surface area contributed by atoms with Gasteiger partial charge in [0.05, 0.1) is 34.2 Å². The van der Waals surface area contributed by atoms with Crippen molar-refractivity contribution in [2.24, 2.45) is 9.98 Å². The Balaban J connectivity index is 0.00000408. The van der Waals surface area contributed by atoms with E-state index in [-0.39, 0.29) is 51.0 Å². The second-order valence-corrected chi connectivity index (χ2v) is 9.02. The second-order valence-electron chi connectivity index (χ2n) is 9.02. The molecule has 6 heteroatoms. The number of aliphatic imine (C=N–C) groups is 2. The smallest absolute Gasteiger partial charge is 1.00 e. The fourth-order valence-electron chi connectivity index (χ4n) is 3.89. The van der Waals surface area contributed by atoms with Gasteiger partial charge in [0.25, 0.3) is 0 Å². The normalized spacial score (nSPS) is 11.4. The van der Waals surface area contributed by atoms with Gasteiger partial charge in [0.2, 0.25) is 0 Å². The molecule has 0 unspecified atom stereocenters. The molecule has 0 N–H and O–H groups in total. The predicted molar refractivity (Wildman–Crippen MR) is 143 cm³/mol. The van der Waals surface area contributed by atoms with Crippen LogP contribution in [-0.4, -0.2) is 16.4 Å². The van der Waals surface area contributed by atoms with Crippen LogP contribution in [0, 0.1) is 0 Å². The molecule has 0 radical (unpaired) electrons. The summed E-state index contributed by atoms with van der Waals surface area (Å²) in [6, 6.07) is 20.7. The second kappa shape index (κ2) is 16.1. The fraction of sp³-hybridized carbons (Fsp3) is 0.300. The van der Waals surface area contributed by atoms with Gasteiger partial charge in [-0.15, -0.1) is 6.58 Å². The molecule has 0 fully saturated rings. The van der Waals surface area contributed by atoms with Crippen molar-refractivity contribution in [2.45, 2.75) is 59.8 Å². The zero-order valence-electron chi connectivity index (χ0n) is 21.9. The average molecular weight is 653 g/mol. The van der Waals surface area contributed by atoms with E-state index in [2.05, 4.69) is 58.5 Å². The molecule has 1 heterocycles. The molecule has 0 bridgehead atoms. The third-order valence-electron chi connectivity index (χ3n) is 5.76. The van der Waals surface area contributed by atoms with Gasteiger partial charge in [-0.2, -0.15) is 0 Å². The number of halogens is 2. The Labute approximate surface area is 248 Å². The average Bonchev–Trinajstić information content (AvgIpc) is 2.80. The number of hydrogen-bond acceptors (Lipinski definition) is 3. The van der Waals surface area contributed by atoms with Gasteiger partial charge >= 0.3 is 17.1 Å². The SMILES string of the molecule is C=CCc1ccccc1N=C(C)c1cccc(C(C)=Nc2c(C(C)C)cccc2C(C)C)n1.[Br-].[Br-].[Fe+2]. The summed E-state index contributed by atoms with van der Waals surface area (Å²) in [6.07, 6.45) is 2.70. The van der Waals surface area contributed by atoms with E-state index in [1.54, 1.807) is 0 Å². The minimum atomic E-state index is 0. The molecule has 3 aromatic rings. The summed E-state index contributed by atoms with van der Waals surface area (Å²) in [5.74, 6) is 0.805. The number of hydrogen-bond donors (Lipinski definition) is 0. The maximum atomic E-state index is 5.10.